The van der Waals surface area contributed by atoms with Crippen LogP contribution in [0.15, 0.2) is 29.4 Å². The van der Waals surface area contributed by atoms with Gasteiger partial charge in [-0.25, -0.2) is 9.97 Å². The Labute approximate surface area is 153 Å². The average molecular weight is 356 g/mol. The van der Waals surface area contributed by atoms with Crippen LogP contribution >= 0.6 is 11.8 Å². The standard InChI is InChI=1S/C20H25N3OS/c1-13-16(14(2)22-20(21-13)25-3)11-12-19(24)23-18-10-6-8-15-7-4-5-9-17(15)18/h4-5,7,9,18H,6,8,10-12H2,1-3H3,(H,23,24)/t18-/m1/s1. The zero-order valence-electron chi connectivity index (χ0n) is 15.1. The van der Waals surface area contributed by atoms with E-state index in [1.807, 2.05) is 20.1 Å². The van der Waals surface area contributed by atoms with Crippen molar-refractivity contribution in [3.63, 3.8) is 0 Å². The molecule has 1 aliphatic carbocycles. The normalized spacial score (nSPS) is 16.4. The van der Waals surface area contributed by atoms with Gasteiger partial charge in [0, 0.05) is 17.8 Å². The van der Waals surface area contributed by atoms with Crippen molar-refractivity contribution in [2.75, 3.05) is 6.26 Å². The molecule has 0 aliphatic heterocycles. The Hall–Kier alpha value is -1.88. The van der Waals surface area contributed by atoms with Gasteiger partial charge < -0.3 is 5.32 Å². The summed E-state index contributed by atoms with van der Waals surface area (Å²) in [4.78, 5) is 21.5. The number of carbonyl (C=O) groups is 1. The number of thioether (sulfide) groups is 1. The summed E-state index contributed by atoms with van der Waals surface area (Å²) in [5.74, 6) is 0.106. The fourth-order valence-electron chi connectivity index (χ4n) is 3.57. The lowest BCUT2D eigenvalue weighted by atomic mass is 9.87. The van der Waals surface area contributed by atoms with Gasteiger partial charge in [0.1, 0.15) is 0 Å². The molecule has 1 aromatic carbocycles. The molecular weight excluding hydrogens is 330 g/mol. The lowest BCUT2D eigenvalue weighted by Gasteiger charge is -2.26. The van der Waals surface area contributed by atoms with Gasteiger partial charge in [-0.3, -0.25) is 4.79 Å². The molecule has 5 heteroatoms. The molecule has 1 aromatic heterocycles. The highest BCUT2D eigenvalue weighted by Crippen LogP contribution is 2.29. The van der Waals surface area contributed by atoms with E-state index in [2.05, 4.69) is 39.6 Å². The van der Waals surface area contributed by atoms with Gasteiger partial charge in [0.05, 0.1) is 6.04 Å². The SMILES string of the molecule is CSc1nc(C)c(CCC(=O)N[C@@H]2CCCc3ccccc32)c(C)n1. The summed E-state index contributed by atoms with van der Waals surface area (Å²) < 4.78 is 0. The van der Waals surface area contributed by atoms with Gasteiger partial charge in [-0.15, -0.1) is 0 Å². The second-order valence-electron chi connectivity index (χ2n) is 6.57. The van der Waals surface area contributed by atoms with Gasteiger partial charge in [0.2, 0.25) is 5.91 Å². The highest BCUT2D eigenvalue weighted by atomic mass is 32.2. The summed E-state index contributed by atoms with van der Waals surface area (Å²) in [5.41, 5.74) is 5.70. The molecule has 0 spiro atoms. The lowest BCUT2D eigenvalue weighted by Crippen LogP contribution is -2.31. The van der Waals surface area contributed by atoms with Gasteiger partial charge >= 0.3 is 0 Å². The van der Waals surface area contributed by atoms with E-state index in [0.717, 1.165) is 41.4 Å². The number of nitrogens with zero attached hydrogens (tertiary/aromatic N) is 2. The number of hydrogen-bond acceptors (Lipinski definition) is 4. The topological polar surface area (TPSA) is 54.9 Å². The summed E-state index contributed by atoms with van der Waals surface area (Å²) >= 11 is 1.55. The summed E-state index contributed by atoms with van der Waals surface area (Å²) in [5, 5.41) is 4.02. The van der Waals surface area contributed by atoms with Crippen LogP contribution in [-0.2, 0) is 17.6 Å². The molecule has 0 bridgehead atoms. The molecule has 0 unspecified atom stereocenters. The third kappa shape index (κ3) is 4.21. The molecule has 25 heavy (non-hydrogen) atoms. The highest BCUT2D eigenvalue weighted by molar-refractivity contribution is 7.98. The molecule has 1 N–H and O–H groups in total. The summed E-state index contributed by atoms with van der Waals surface area (Å²) in [7, 11) is 0. The van der Waals surface area contributed by atoms with Crippen molar-refractivity contribution in [2.24, 2.45) is 0 Å². The van der Waals surface area contributed by atoms with Crippen molar-refractivity contribution in [3.05, 3.63) is 52.3 Å². The molecule has 0 saturated heterocycles. The first-order valence-electron chi connectivity index (χ1n) is 8.83. The minimum atomic E-state index is 0.106. The third-order valence-electron chi connectivity index (χ3n) is 4.89. The van der Waals surface area contributed by atoms with E-state index >= 15 is 0 Å². The number of aromatic nitrogens is 2. The van der Waals surface area contributed by atoms with Crippen LogP contribution in [0.3, 0.4) is 0 Å². The molecule has 1 heterocycles. The van der Waals surface area contributed by atoms with Crippen molar-refractivity contribution in [1.29, 1.82) is 0 Å². The van der Waals surface area contributed by atoms with Crippen LogP contribution in [0.5, 0.6) is 0 Å². The van der Waals surface area contributed by atoms with Crippen LogP contribution in [0, 0.1) is 13.8 Å². The maximum Gasteiger partial charge on any atom is 0.220 e. The molecule has 3 rings (SSSR count). The van der Waals surface area contributed by atoms with E-state index in [1.54, 1.807) is 11.8 Å². The molecule has 1 amide bonds. The van der Waals surface area contributed by atoms with Crippen LogP contribution in [0.4, 0.5) is 0 Å². The Kier molecular flexibility index (Phi) is 5.74. The van der Waals surface area contributed by atoms with E-state index in [1.165, 1.54) is 11.1 Å². The summed E-state index contributed by atoms with van der Waals surface area (Å²) in [6.45, 7) is 4.00. The van der Waals surface area contributed by atoms with Gasteiger partial charge in [-0.1, -0.05) is 36.0 Å². The number of hydrogen-bond donors (Lipinski definition) is 1. The number of rotatable bonds is 5. The maximum absolute atomic E-state index is 12.5. The number of amides is 1. The van der Waals surface area contributed by atoms with Crippen LogP contribution in [-0.4, -0.2) is 22.1 Å². The zero-order chi connectivity index (χ0) is 17.8. The van der Waals surface area contributed by atoms with Gasteiger partial charge in [-0.2, -0.15) is 0 Å². The molecule has 1 aliphatic rings. The largest absolute Gasteiger partial charge is 0.349 e. The molecule has 0 fully saturated rings. The molecule has 2 aromatic rings. The predicted molar refractivity (Wildman–Crippen MR) is 102 cm³/mol. The first-order chi connectivity index (χ1) is 12.1. The molecule has 4 nitrogen and oxygen atoms in total. The minimum absolute atomic E-state index is 0.106. The van der Waals surface area contributed by atoms with Crippen LogP contribution in [0.1, 0.15) is 53.4 Å². The quantitative estimate of drug-likeness (QED) is 0.652. The fourth-order valence-corrected chi connectivity index (χ4v) is 4.03. The molecular formula is C20H25N3OS. The van der Waals surface area contributed by atoms with Crippen molar-refractivity contribution in [1.82, 2.24) is 15.3 Å². The van der Waals surface area contributed by atoms with Crippen molar-refractivity contribution in [2.45, 2.75) is 57.1 Å². The Balaban J connectivity index is 1.63. The van der Waals surface area contributed by atoms with E-state index in [-0.39, 0.29) is 11.9 Å². The third-order valence-corrected chi connectivity index (χ3v) is 5.44. The van der Waals surface area contributed by atoms with E-state index < -0.39 is 0 Å². The van der Waals surface area contributed by atoms with Crippen LogP contribution in [0.25, 0.3) is 0 Å². The Morgan fingerprint density at radius 2 is 1.96 bits per heavy atom. The highest BCUT2D eigenvalue weighted by Gasteiger charge is 2.21. The molecule has 0 radical (unpaired) electrons. The number of fused-ring (bicyclic) bond motifs is 1. The fraction of sp³-hybridized carbons (Fsp3) is 0.450. The smallest absolute Gasteiger partial charge is 0.220 e. The summed E-state index contributed by atoms with van der Waals surface area (Å²) in [6.07, 6.45) is 6.40. The Morgan fingerprint density at radius 1 is 1.24 bits per heavy atom. The lowest BCUT2D eigenvalue weighted by molar-refractivity contribution is -0.121. The minimum Gasteiger partial charge on any atom is -0.349 e. The van der Waals surface area contributed by atoms with Gasteiger partial charge in [0.15, 0.2) is 5.16 Å². The van der Waals surface area contributed by atoms with Crippen molar-refractivity contribution >= 4 is 17.7 Å². The molecule has 0 saturated carbocycles. The zero-order valence-corrected chi connectivity index (χ0v) is 15.9. The van der Waals surface area contributed by atoms with Crippen molar-refractivity contribution < 1.29 is 4.79 Å². The Morgan fingerprint density at radius 3 is 2.68 bits per heavy atom. The average Bonchev–Trinajstić information content (AvgIpc) is 2.61. The number of benzene rings is 1. The molecule has 1 atom stereocenters. The summed E-state index contributed by atoms with van der Waals surface area (Å²) in [6, 6.07) is 8.59. The first kappa shape index (κ1) is 17.9. The van der Waals surface area contributed by atoms with E-state index in [0.29, 0.717) is 12.8 Å². The van der Waals surface area contributed by atoms with Gasteiger partial charge in [-0.05, 0) is 62.5 Å². The maximum atomic E-state index is 12.5. The van der Waals surface area contributed by atoms with Crippen molar-refractivity contribution in [3.8, 4) is 0 Å². The Bertz CT molecular complexity index is 752. The number of aryl methyl sites for hydroxylation is 3. The number of nitrogens with one attached hydrogen (secondary N) is 1. The molecule has 132 valence electrons. The predicted octanol–water partition coefficient (Wildman–Crippen LogP) is 3.94. The second-order valence-corrected chi connectivity index (χ2v) is 7.34. The van der Waals surface area contributed by atoms with E-state index in [4.69, 9.17) is 0 Å². The van der Waals surface area contributed by atoms with Crippen LogP contribution in [0.2, 0.25) is 0 Å². The van der Waals surface area contributed by atoms with E-state index in [9.17, 15) is 4.79 Å². The monoisotopic (exact) mass is 355 g/mol. The van der Waals surface area contributed by atoms with Crippen LogP contribution < -0.4 is 5.32 Å². The second kappa shape index (κ2) is 8.00. The van der Waals surface area contributed by atoms with Gasteiger partial charge in [0.25, 0.3) is 0 Å². The number of carbonyl (C=O) groups excluding carboxylic acids is 1. The first-order valence-corrected chi connectivity index (χ1v) is 10.1.